The lowest BCUT2D eigenvalue weighted by Gasteiger charge is -2.40. The zero-order chi connectivity index (χ0) is 26.9. The lowest BCUT2D eigenvalue weighted by Crippen LogP contribution is -2.55. The predicted octanol–water partition coefficient (Wildman–Crippen LogP) is 5.76. The van der Waals surface area contributed by atoms with Gasteiger partial charge in [0.25, 0.3) is 5.91 Å². The molecule has 38 heavy (non-hydrogen) atoms. The molecule has 0 saturated heterocycles. The number of nitrogens with one attached hydrogen (secondary N) is 2. The topological polar surface area (TPSA) is 74.4 Å². The number of amides is 1. The molecule has 0 fully saturated rings. The predicted molar refractivity (Wildman–Crippen MR) is 146 cm³/mol. The van der Waals surface area contributed by atoms with Crippen molar-refractivity contribution in [2.24, 2.45) is 0 Å². The lowest BCUT2D eigenvalue weighted by molar-refractivity contribution is -0.136. The maximum absolute atomic E-state index is 14.0. The van der Waals surface area contributed by atoms with E-state index in [4.69, 9.17) is 4.74 Å². The Labute approximate surface area is 221 Å². The third kappa shape index (κ3) is 4.61. The Morgan fingerprint density at radius 2 is 1.68 bits per heavy atom. The monoisotopic (exact) mass is 511 g/mol. The minimum absolute atomic E-state index is 0.191. The first-order valence-corrected chi connectivity index (χ1v) is 12.7. The van der Waals surface area contributed by atoms with E-state index in [2.05, 4.69) is 24.1 Å². The molecule has 5 rings (SSSR count). The van der Waals surface area contributed by atoms with Crippen LogP contribution in [0.1, 0.15) is 48.0 Å². The van der Waals surface area contributed by atoms with Crippen molar-refractivity contribution in [1.29, 1.82) is 0 Å². The number of ether oxygens (including phenoxy) is 1. The number of halogens is 1. The number of carbonyl (C=O) groups is 2. The summed E-state index contributed by atoms with van der Waals surface area (Å²) in [6, 6.07) is 23.2. The summed E-state index contributed by atoms with van der Waals surface area (Å²) in [5.41, 5.74) is 3.36. The Morgan fingerprint density at radius 3 is 2.39 bits per heavy atom. The maximum atomic E-state index is 14.0. The highest BCUT2D eigenvalue weighted by Crippen LogP contribution is 2.43. The van der Waals surface area contributed by atoms with Crippen molar-refractivity contribution in [3.8, 4) is 0 Å². The molecule has 4 aromatic rings. The highest BCUT2D eigenvalue weighted by atomic mass is 19.1. The highest BCUT2D eigenvalue weighted by molar-refractivity contribution is 6.18. The first kappa shape index (κ1) is 25.4. The Hall–Kier alpha value is -4.23. The van der Waals surface area contributed by atoms with Crippen molar-refractivity contribution in [2.45, 2.75) is 38.9 Å². The molecule has 1 unspecified atom stereocenters. The van der Waals surface area contributed by atoms with E-state index in [1.165, 1.54) is 24.3 Å². The number of para-hydroxylation sites is 1. The second kappa shape index (κ2) is 10.3. The van der Waals surface area contributed by atoms with E-state index >= 15 is 0 Å². The van der Waals surface area contributed by atoms with Crippen molar-refractivity contribution >= 4 is 28.4 Å². The fourth-order valence-corrected chi connectivity index (χ4v) is 5.22. The van der Waals surface area contributed by atoms with E-state index in [1.807, 2.05) is 54.6 Å². The van der Waals surface area contributed by atoms with Crippen LogP contribution in [0.15, 0.2) is 85.1 Å². The fraction of sp³-hybridized carbons (Fsp3) is 0.226. The van der Waals surface area contributed by atoms with Crippen LogP contribution in [-0.4, -0.2) is 34.5 Å². The molecule has 0 bridgehead atoms. The zero-order valence-corrected chi connectivity index (χ0v) is 21.6. The molecule has 1 atom stereocenters. The number of rotatable bonds is 6. The number of aromatic amines is 1. The summed E-state index contributed by atoms with van der Waals surface area (Å²) in [6.07, 6.45) is 1.00. The second-order valence-corrected chi connectivity index (χ2v) is 9.89. The molecule has 6 nitrogen and oxygen atoms in total. The number of hydrogen-bond donors (Lipinski definition) is 2. The number of nitrogens with zero attached hydrogens (tertiary/aromatic N) is 1. The average Bonchev–Trinajstić information content (AvgIpc) is 3.27. The van der Waals surface area contributed by atoms with Crippen LogP contribution in [0.3, 0.4) is 0 Å². The minimum Gasteiger partial charge on any atom is -0.462 e. The Bertz CT molecular complexity index is 1510. The van der Waals surface area contributed by atoms with E-state index in [9.17, 15) is 14.0 Å². The SMILES string of the molecule is CCOC(=O)C1=CN(C(=O)c2ccc(F)cc2)C(NCc2ccccc2)C(C)(C)c2c1[nH]c1ccccc21. The van der Waals surface area contributed by atoms with E-state index in [1.54, 1.807) is 18.0 Å². The van der Waals surface area contributed by atoms with Gasteiger partial charge in [-0.3, -0.25) is 15.0 Å². The van der Waals surface area contributed by atoms with Crippen LogP contribution < -0.4 is 5.32 Å². The normalized spacial score (nSPS) is 16.5. The van der Waals surface area contributed by atoms with Crippen molar-refractivity contribution in [3.05, 3.63) is 113 Å². The van der Waals surface area contributed by atoms with Crippen LogP contribution in [0.4, 0.5) is 4.39 Å². The molecular formula is C31H30FN3O3. The first-order chi connectivity index (χ1) is 18.3. The van der Waals surface area contributed by atoms with Gasteiger partial charge in [-0.15, -0.1) is 0 Å². The van der Waals surface area contributed by atoms with Crippen molar-refractivity contribution < 1.29 is 18.7 Å². The number of esters is 1. The van der Waals surface area contributed by atoms with Gasteiger partial charge in [-0.1, -0.05) is 62.4 Å². The average molecular weight is 512 g/mol. The Balaban J connectivity index is 1.71. The van der Waals surface area contributed by atoms with Crippen LogP contribution in [-0.2, 0) is 21.5 Å². The van der Waals surface area contributed by atoms with E-state index in [0.29, 0.717) is 17.8 Å². The Morgan fingerprint density at radius 1 is 1.00 bits per heavy atom. The van der Waals surface area contributed by atoms with Crippen LogP contribution in [0.2, 0.25) is 0 Å². The second-order valence-electron chi connectivity index (χ2n) is 9.89. The summed E-state index contributed by atoms with van der Waals surface area (Å²) in [5.74, 6) is -1.32. The van der Waals surface area contributed by atoms with Gasteiger partial charge in [-0.2, -0.15) is 0 Å². The van der Waals surface area contributed by atoms with Gasteiger partial charge >= 0.3 is 5.97 Å². The van der Waals surface area contributed by atoms with Gasteiger partial charge in [0.1, 0.15) is 5.82 Å². The third-order valence-electron chi connectivity index (χ3n) is 7.01. The van der Waals surface area contributed by atoms with E-state index in [0.717, 1.165) is 22.0 Å². The molecule has 0 radical (unpaired) electrons. The molecule has 2 heterocycles. The lowest BCUT2D eigenvalue weighted by atomic mass is 9.78. The molecule has 2 N–H and O–H groups in total. The minimum atomic E-state index is -0.676. The molecule has 0 spiro atoms. The largest absolute Gasteiger partial charge is 0.462 e. The molecule has 0 saturated carbocycles. The number of aromatic nitrogens is 1. The molecule has 0 aliphatic carbocycles. The van der Waals surface area contributed by atoms with Crippen LogP contribution in [0, 0.1) is 5.82 Å². The van der Waals surface area contributed by atoms with Gasteiger partial charge in [0.15, 0.2) is 0 Å². The molecule has 1 aliphatic heterocycles. The standard InChI is InChI=1S/C31H30FN3O3/c1-4-38-29(37)24-19-35(28(36)21-14-16-22(32)17-15-21)30(33-18-20-10-6-5-7-11-20)31(2,3)26-23-12-8-9-13-25(23)34-27(24)26/h5-17,19,30,33-34H,4,18H2,1-3H3. The van der Waals surface area contributed by atoms with Gasteiger partial charge in [0.2, 0.25) is 0 Å². The smallest absolute Gasteiger partial charge is 0.341 e. The van der Waals surface area contributed by atoms with Gasteiger partial charge in [-0.05, 0) is 48.4 Å². The molecule has 3 aromatic carbocycles. The first-order valence-electron chi connectivity index (χ1n) is 12.7. The van der Waals surface area contributed by atoms with E-state index in [-0.39, 0.29) is 18.1 Å². The number of fused-ring (bicyclic) bond motifs is 3. The molecular weight excluding hydrogens is 481 g/mol. The van der Waals surface area contributed by atoms with Gasteiger partial charge in [0.05, 0.1) is 24.0 Å². The molecule has 1 amide bonds. The quantitative estimate of drug-likeness (QED) is 0.323. The number of carbonyl (C=O) groups excluding carboxylic acids is 2. The summed E-state index contributed by atoms with van der Waals surface area (Å²) < 4.78 is 19.1. The summed E-state index contributed by atoms with van der Waals surface area (Å²) >= 11 is 0. The van der Waals surface area contributed by atoms with Crippen LogP contribution in [0.25, 0.3) is 16.5 Å². The van der Waals surface area contributed by atoms with Crippen molar-refractivity contribution in [3.63, 3.8) is 0 Å². The van der Waals surface area contributed by atoms with Crippen molar-refractivity contribution in [2.75, 3.05) is 6.61 Å². The maximum Gasteiger partial charge on any atom is 0.341 e. The van der Waals surface area contributed by atoms with Crippen molar-refractivity contribution in [1.82, 2.24) is 15.2 Å². The molecule has 7 heteroatoms. The van der Waals surface area contributed by atoms with Crippen LogP contribution >= 0.6 is 0 Å². The third-order valence-corrected chi connectivity index (χ3v) is 7.01. The molecule has 1 aromatic heterocycles. The zero-order valence-electron chi connectivity index (χ0n) is 21.6. The highest BCUT2D eigenvalue weighted by Gasteiger charge is 2.44. The van der Waals surface area contributed by atoms with Gasteiger partial charge in [0, 0.05) is 34.6 Å². The summed E-state index contributed by atoms with van der Waals surface area (Å²) in [5, 5.41) is 4.55. The van der Waals surface area contributed by atoms with Crippen LogP contribution in [0.5, 0.6) is 0 Å². The Kier molecular flexibility index (Phi) is 6.87. The molecule has 1 aliphatic rings. The summed E-state index contributed by atoms with van der Waals surface area (Å²) in [7, 11) is 0. The molecule has 194 valence electrons. The number of benzene rings is 3. The fourth-order valence-electron chi connectivity index (χ4n) is 5.22. The summed E-state index contributed by atoms with van der Waals surface area (Å²) in [6.45, 7) is 6.54. The summed E-state index contributed by atoms with van der Waals surface area (Å²) in [4.78, 5) is 32.3. The number of hydrogen-bond acceptors (Lipinski definition) is 4. The number of H-pyrrole nitrogens is 1. The van der Waals surface area contributed by atoms with E-state index < -0.39 is 23.4 Å². The van der Waals surface area contributed by atoms with Gasteiger partial charge < -0.3 is 9.72 Å². The van der Waals surface area contributed by atoms with Gasteiger partial charge in [-0.25, -0.2) is 9.18 Å².